The molecule has 1 aliphatic heterocycles. The molecule has 1 heterocycles. The molecule has 1 atom stereocenters. The van der Waals surface area contributed by atoms with E-state index in [0.717, 1.165) is 5.70 Å². The van der Waals surface area contributed by atoms with Crippen LogP contribution in [0.1, 0.15) is 58.9 Å². The predicted molar refractivity (Wildman–Crippen MR) is 113 cm³/mol. The molecule has 0 bridgehead atoms. The van der Waals surface area contributed by atoms with Crippen molar-refractivity contribution < 1.29 is 19.2 Å². The second-order valence-corrected chi connectivity index (χ2v) is 9.27. The maximum Gasteiger partial charge on any atom is 0.336 e. The van der Waals surface area contributed by atoms with E-state index < -0.39 is 16.8 Å². The summed E-state index contributed by atoms with van der Waals surface area (Å²) in [6, 6.07) is 6.05. The fourth-order valence-electron chi connectivity index (χ4n) is 4.15. The van der Waals surface area contributed by atoms with Crippen LogP contribution in [0.2, 0.25) is 0 Å². The number of allylic oxidation sites excluding steroid dienone is 3. The lowest BCUT2D eigenvalue weighted by Crippen LogP contribution is -2.38. The van der Waals surface area contributed by atoms with Gasteiger partial charge in [-0.05, 0) is 30.2 Å². The third-order valence-corrected chi connectivity index (χ3v) is 5.44. The van der Waals surface area contributed by atoms with Crippen molar-refractivity contribution >= 4 is 17.4 Å². The number of rotatable bonds is 5. The zero-order chi connectivity index (χ0) is 22.2. The van der Waals surface area contributed by atoms with E-state index in [1.807, 2.05) is 27.7 Å². The van der Waals surface area contributed by atoms with E-state index in [2.05, 4.69) is 5.32 Å². The van der Waals surface area contributed by atoms with Gasteiger partial charge in [0.1, 0.15) is 0 Å². The van der Waals surface area contributed by atoms with Gasteiger partial charge in [-0.2, -0.15) is 0 Å². The highest BCUT2D eigenvalue weighted by Crippen LogP contribution is 2.46. The van der Waals surface area contributed by atoms with Crippen LogP contribution in [0, 0.1) is 21.4 Å². The molecule has 30 heavy (non-hydrogen) atoms. The van der Waals surface area contributed by atoms with E-state index >= 15 is 0 Å². The number of non-ortho nitro benzene ring substituents is 1. The average molecular weight is 412 g/mol. The molecule has 0 amide bonds. The van der Waals surface area contributed by atoms with E-state index in [1.54, 1.807) is 19.1 Å². The van der Waals surface area contributed by atoms with Crippen molar-refractivity contribution in [3.63, 3.8) is 0 Å². The van der Waals surface area contributed by atoms with Crippen molar-refractivity contribution in [2.45, 2.75) is 53.4 Å². The minimum atomic E-state index is -0.606. The Balaban J connectivity index is 2.11. The fraction of sp³-hybridized carbons (Fsp3) is 0.478. The molecule has 3 rings (SSSR count). The van der Waals surface area contributed by atoms with Crippen molar-refractivity contribution in [2.24, 2.45) is 11.3 Å². The van der Waals surface area contributed by atoms with E-state index in [9.17, 15) is 19.7 Å². The standard InChI is InChI=1S/C23H28N2O5/c1-13(2)12-30-22(27)19-14(3)24-17-10-23(4,5)11-18(26)21(17)20(19)15-6-8-16(9-7-15)25(28)29/h6-9,13,20,24H,10-12H2,1-5H3. The van der Waals surface area contributed by atoms with Gasteiger partial charge in [-0.15, -0.1) is 0 Å². The number of hydrogen-bond acceptors (Lipinski definition) is 6. The highest BCUT2D eigenvalue weighted by atomic mass is 16.6. The molecular formula is C23H28N2O5. The second-order valence-electron chi connectivity index (χ2n) is 9.27. The number of esters is 1. The summed E-state index contributed by atoms with van der Waals surface area (Å²) in [5, 5.41) is 14.3. The molecule has 1 aromatic rings. The highest BCUT2D eigenvalue weighted by molar-refractivity contribution is 6.04. The van der Waals surface area contributed by atoms with Gasteiger partial charge in [0.25, 0.3) is 5.69 Å². The molecular weight excluding hydrogens is 384 g/mol. The molecule has 1 aromatic carbocycles. The number of dihydropyridines is 1. The molecule has 2 aliphatic rings. The first-order valence-electron chi connectivity index (χ1n) is 10.2. The summed E-state index contributed by atoms with van der Waals surface area (Å²) in [6.07, 6.45) is 1.06. The monoisotopic (exact) mass is 412 g/mol. The molecule has 0 radical (unpaired) electrons. The van der Waals surface area contributed by atoms with Crippen LogP contribution in [0.25, 0.3) is 0 Å². The first-order chi connectivity index (χ1) is 14.0. The van der Waals surface area contributed by atoms with Crippen LogP contribution in [0.5, 0.6) is 0 Å². The fourth-order valence-corrected chi connectivity index (χ4v) is 4.15. The van der Waals surface area contributed by atoms with E-state index in [0.29, 0.717) is 35.2 Å². The average Bonchev–Trinajstić information content (AvgIpc) is 2.64. The number of benzene rings is 1. The van der Waals surface area contributed by atoms with Gasteiger partial charge in [0.05, 0.1) is 17.1 Å². The van der Waals surface area contributed by atoms with Crippen LogP contribution in [0.4, 0.5) is 5.69 Å². The Labute approximate surface area is 176 Å². The number of ether oxygens (including phenoxy) is 1. The number of ketones is 1. The van der Waals surface area contributed by atoms with E-state index in [1.165, 1.54) is 12.1 Å². The molecule has 1 N–H and O–H groups in total. The summed E-state index contributed by atoms with van der Waals surface area (Å²) in [6.45, 7) is 10.1. The predicted octanol–water partition coefficient (Wildman–Crippen LogP) is 4.40. The van der Waals surface area contributed by atoms with Gasteiger partial charge in [-0.1, -0.05) is 39.8 Å². The molecule has 0 saturated heterocycles. The zero-order valence-corrected chi connectivity index (χ0v) is 18.1. The van der Waals surface area contributed by atoms with Crippen molar-refractivity contribution in [1.82, 2.24) is 5.32 Å². The highest BCUT2D eigenvalue weighted by Gasteiger charge is 2.43. The van der Waals surface area contributed by atoms with E-state index in [4.69, 9.17) is 4.74 Å². The number of carbonyl (C=O) groups is 2. The molecule has 160 valence electrons. The van der Waals surface area contributed by atoms with Crippen molar-refractivity contribution in [2.75, 3.05) is 6.61 Å². The smallest absolute Gasteiger partial charge is 0.336 e. The topological polar surface area (TPSA) is 98.5 Å². The minimum Gasteiger partial charge on any atom is -0.462 e. The summed E-state index contributed by atoms with van der Waals surface area (Å²) >= 11 is 0. The van der Waals surface area contributed by atoms with Gasteiger partial charge in [-0.25, -0.2) is 4.79 Å². The molecule has 0 saturated carbocycles. The Bertz CT molecular complexity index is 954. The Morgan fingerprint density at radius 1 is 1.27 bits per heavy atom. The maximum atomic E-state index is 13.2. The number of nitrogens with zero attached hydrogens (tertiary/aromatic N) is 1. The Morgan fingerprint density at radius 3 is 2.47 bits per heavy atom. The first-order valence-corrected chi connectivity index (χ1v) is 10.2. The summed E-state index contributed by atoms with van der Waals surface area (Å²) in [5.74, 6) is -0.915. The molecule has 0 fully saturated rings. The normalized spacial score (nSPS) is 20.7. The maximum absolute atomic E-state index is 13.2. The third kappa shape index (κ3) is 4.30. The first kappa shape index (κ1) is 21.7. The lowest BCUT2D eigenvalue weighted by Gasteiger charge is -2.39. The van der Waals surface area contributed by atoms with Gasteiger partial charge < -0.3 is 10.1 Å². The van der Waals surface area contributed by atoms with Crippen LogP contribution in [-0.4, -0.2) is 23.3 Å². The number of nitrogens with one attached hydrogen (secondary N) is 1. The Hall–Kier alpha value is -2.96. The van der Waals surface area contributed by atoms with Gasteiger partial charge in [0, 0.05) is 41.4 Å². The summed E-state index contributed by atoms with van der Waals surface area (Å²) in [4.78, 5) is 36.8. The van der Waals surface area contributed by atoms with Gasteiger partial charge in [0.2, 0.25) is 0 Å². The molecule has 0 spiro atoms. The molecule has 7 nitrogen and oxygen atoms in total. The SMILES string of the molecule is CC1=C(C(=O)OCC(C)C)C(c2ccc([N+](=O)[O-])cc2)C2=C(CC(C)(C)CC2=O)N1. The number of carbonyl (C=O) groups excluding carboxylic acids is 2. The number of nitro groups is 1. The van der Waals surface area contributed by atoms with Crippen LogP contribution >= 0.6 is 0 Å². The summed E-state index contributed by atoms with van der Waals surface area (Å²) < 4.78 is 5.50. The quantitative estimate of drug-likeness (QED) is 0.437. The third-order valence-electron chi connectivity index (χ3n) is 5.44. The Kier molecular flexibility index (Phi) is 5.83. The van der Waals surface area contributed by atoms with E-state index in [-0.39, 0.29) is 29.4 Å². The largest absolute Gasteiger partial charge is 0.462 e. The Morgan fingerprint density at radius 2 is 1.90 bits per heavy atom. The van der Waals surface area contributed by atoms with Crippen LogP contribution in [0.3, 0.4) is 0 Å². The van der Waals surface area contributed by atoms with Crippen molar-refractivity contribution in [3.05, 3.63) is 62.5 Å². The molecule has 1 unspecified atom stereocenters. The number of Topliss-reactive ketones (excluding diaryl/α,β-unsaturated/α-hetero) is 1. The summed E-state index contributed by atoms with van der Waals surface area (Å²) in [7, 11) is 0. The van der Waals surface area contributed by atoms with Gasteiger partial charge in [-0.3, -0.25) is 14.9 Å². The second kappa shape index (κ2) is 8.05. The molecule has 1 aliphatic carbocycles. The lowest BCUT2D eigenvalue weighted by atomic mass is 9.68. The van der Waals surface area contributed by atoms with Gasteiger partial charge >= 0.3 is 5.97 Å². The lowest BCUT2D eigenvalue weighted by molar-refractivity contribution is -0.384. The van der Waals surface area contributed by atoms with Crippen molar-refractivity contribution in [1.29, 1.82) is 0 Å². The van der Waals surface area contributed by atoms with Crippen molar-refractivity contribution in [3.8, 4) is 0 Å². The molecule has 0 aromatic heterocycles. The number of hydrogen-bond donors (Lipinski definition) is 1. The molecule has 7 heteroatoms. The van der Waals surface area contributed by atoms with Crippen LogP contribution < -0.4 is 5.32 Å². The minimum absolute atomic E-state index is 0.0150. The van der Waals surface area contributed by atoms with Crippen LogP contribution in [-0.2, 0) is 14.3 Å². The zero-order valence-electron chi connectivity index (χ0n) is 18.1. The van der Waals surface area contributed by atoms with Gasteiger partial charge in [0.15, 0.2) is 5.78 Å². The van der Waals surface area contributed by atoms with Crippen LogP contribution in [0.15, 0.2) is 46.8 Å². The summed E-state index contributed by atoms with van der Waals surface area (Å²) in [5.41, 5.74) is 2.86. The number of nitro benzene ring substituents is 1.